The van der Waals surface area contributed by atoms with Crippen molar-refractivity contribution in [1.29, 1.82) is 0 Å². The Morgan fingerprint density at radius 2 is 1.88 bits per heavy atom. The number of nitrogens with one attached hydrogen (secondary N) is 1. The van der Waals surface area contributed by atoms with Crippen LogP contribution in [0.5, 0.6) is 5.75 Å². The number of fused-ring (bicyclic) bond motifs is 1. The van der Waals surface area contributed by atoms with Gasteiger partial charge in [-0.25, -0.2) is 4.98 Å². The zero-order chi connectivity index (χ0) is 17.9. The van der Waals surface area contributed by atoms with Crippen LogP contribution in [0.15, 0.2) is 48.5 Å². The topological polar surface area (TPSA) is 65.1 Å². The van der Waals surface area contributed by atoms with Crippen molar-refractivity contribution in [2.45, 2.75) is 44.3 Å². The zero-order valence-corrected chi connectivity index (χ0v) is 15.2. The Bertz CT molecular complexity index is 871. The van der Waals surface area contributed by atoms with E-state index in [0.29, 0.717) is 0 Å². The van der Waals surface area contributed by atoms with Gasteiger partial charge in [-0.1, -0.05) is 37.1 Å². The van der Waals surface area contributed by atoms with Crippen molar-refractivity contribution in [2.75, 3.05) is 12.4 Å². The summed E-state index contributed by atoms with van der Waals surface area (Å²) < 4.78 is 7.51. The van der Waals surface area contributed by atoms with Crippen molar-refractivity contribution in [2.24, 2.45) is 5.73 Å². The number of anilines is 1. The molecule has 5 heteroatoms. The fourth-order valence-electron chi connectivity index (χ4n) is 3.76. The van der Waals surface area contributed by atoms with E-state index in [2.05, 4.69) is 40.2 Å². The third-order valence-corrected chi connectivity index (χ3v) is 5.29. The SMILES string of the molecule is COc1ccc(Cn2c(N[C@@H]3CCCC[C@@H]3N)nc3ccccc32)cc1. The van der Waals surface area contributed by atoms with Crippen LogP contribution in [0, 0.1) is 0 Å². The highest BCUT2D eigenvalue weighted by Crippen LogP contribution is 2.25. The van der Waals surface area contributed by atoms with E-state index in [9.17, 15) is 0 Å². The van der Waals surface area contributed by atoms with Gasteiger partial charge in [-0.3, -0.25) is 0 Å². The van der Waals surface area contributed by atoms with Gasteiger partial charge < -0.3 is 20.4 Å². The van der Waals surface area contributed by atoms with Gasteiger partial charge in [0.1, 0.15) is 5.75 Å². The normalized spacial score (nSPS) is 20.2. The minimum atomic E-state index is 0.193. The number of benzene rings is 2. The van der Waals surface area contributed by atoms with Crippen LogP contribution in [-0.4, -0.2) is 28.7 Å². The van der Waals surface area contributed by atoms with Gasteiger partial charge in [0.15, 0.2) is 0 Å². The summed E-state index contributed by atoms with van der Waals surface area (Å²) in [4.78, 5) is 4.84. The Kier molecular flexibility index (Phi) is 4.80. The lowest BCUT2D eigenvalue weighted by Crippen LogP contribution is -2.43. The van der Waals surface area contributed by atoms with Crippen molar-refractivity contribution in [3.8, 4) is 5.75 Å². The summed E-state index contributed by atoms with van der Waals surface area (Å²) in [7, 11) is 1.69. The summed E-state index contributed by atoms with van der Waals surface area (Å²) >= 11 is 0. The molecule has 5 nitrogen and oxygen atoms in total. The first-order valence-electron chi connectivity index (χ1n) is 9.35. The van der Waals surface area contributed by atoms with Gasteiger partial charge in [0.25, 0.3) is 0 Å². The zero-order valence-electron chi connectivity index (χ0n) is 15.2. The smallest absolute Gasteiger partial charge is 0.204 e. The maximum atomic E-state index is 6.34. The first-order valence-corrected chi connectivity index (χ1v) is 9.35. The molecule has 0 bridgehead atoms. The first-order chi connectivity index (χ1) is 12.7. The molecule has 1 aliphatic rings. The third kappa shape index (κ3) is 3.40. The van der Waals surface area contributed by atoms with Crippen molar-refractivity contribution in [3.63, 3.8) is 0 Å². The fraction of sp³-hybridized carbons (Fsp3) is 0.381. The number of methoxy groups -OCH3 is 1. The average Bonchev–Trinajstić information content (AvgIpc) is 3.01. The predicted molar refractivity (Wildman–Crippen MR) is 106 cm³/mol. The van der Waals surface area contributed by atoms with Crippen molar-refractivity contribution in [3.05, 3.63) is 54.1 Å². The number of hydrogen-bond donors (Lipinski definition) is 2. The molecule has 2 atom stereocenters. The van der Waals surface area contributed by atoms with Gasteiger partial charge in [-0.05, 0) is 42.7 Å². The lowest BCUT2D eigenvalue weighted by atomic mass is 9.91. The standard InChI is InChI=1S/C21H26N4O/c1-26-16-12-10-15(11-13-16)14-25-20-9-5-4-8-19(20)24-21(25)23-18-7-3-2-6-17(18)22/h4-5,8-13,17-18H,2-3,6-7,14,22H2,1H3,(H,23,24)/t17-,18+/m0/s1. The Labute approximate surface area is 154 Å². The summed E-state index contributed by atoms with van der Waals surface area (Å²) in [6, 6.07) is 17.0. The fourth-order valence-corrected chi connectivity index (χ4v) is 3.76. The number of para-hydroxylation sites is 2. The Morgan fingerprint density at radius 1 is 1.12 bits per heavy atom. The van der Waals surface area contributed by atoms with E-state index in [0.717, 1.165) is 42.1 Å². The van der Waals surface area contributed by atoms with E-state index >= 15 is 0 Å². The number of aromatic nitrogens is 2. The van der Waals surface area contributed by atoms with Crippen LogP contribution in [0.3, 0.4) is 0 Å². The molecule has 4 rings (SSSR count). The van der Waals surface area contributed by atoms with E-state index in [4.69, 9.17) is 15.5 Å². The molecule has 1 fully saturated rings. The highest BCUT2D eigenvalue weighted by Gasteiger charge is 2.23. The monoisotopic (exact) mass is 350 g/mol. The summed E-state index contributed by atoms with van der Waals surface area (Å²) in [6.45, 7) is 0.759. The third-order valence-electron chi connectivity index (χ3n) is 5.29. The second-order valence-electron chi connectivity index (χ2n) is 7.06. The van der Waals surface area contributed by atoms with Gasteiger partial charge in [0, 0.05) is 12.1 Å². The summed E-state index contributed by atoms with van der Waals surface area (Å²) in [5, 5.41) is 3.63. The molecule has 2 aromatic carbocycles. The molecular formula is C21H26N4O. The lowest BCUT2D eigenvalue weighted by molar-refractivity contribution is 0.401. The highest BCUT2D eigenvalue weighted by molar-refractivity contribution is 5.78. The average molecular weight is 350 g/mol. The molecular weight excluding hydrogens is 324 g/mol. The largest absolute Gasteiger partial charge is 0.497 e. The molecule has 26 heavy (non-hydrogen) atoms. The van der Waals surface area contributed by atoms with E-state index in [1.165, 1.54) is 18.4 Å². The van der Waals surface area contributed by atoms with Crippen molar-refractivity contribution < 1.29 is 4.74 Å². The second-order valence-corrected chi connectivity index (χ2v) is 7.06. The number of nitrogens with zero attached hydrogens (tertiary/aromatic N) is 2. The van der Waals surface area contributed by atoms with Gasteiger partial charge in [0.2, 0.25) is 5.95 Å². The molecule has 0 radical (unpaired) electrons. The molecule has 0 spiro atoms. The minimum Gasteiger partial charge on any atom is -0.497 e. The van der Waals surface area contributed by atoms with E-state index in [1.54, 1.807) is 7.11 Å². The van der Waals surface area contributed by atoms with Crippen LogP contribution < -0.4 is 15.8 Å². The van der Waals surface area contributed by atoms with E-state index < -0.39 is 0 Å². The number of nitrogens with two attached hydrogens (primary N) is 1. The second kappa shape index (κ2) is 7.38. The van der Waals surface area contributed by atoms with E-state index in [-0.39, 0.29) is 12.1 Å². The van der Waals surface area contributed by atoms with Gasteiger partial charge in [-0.15, -0.1) is 0 Å². The maximum absolute atomic E-state index is 6.34. The first kappa shape index (κ1) is 16.9. The summed E-state index contributed by atoms with van der Waals surface area (Å²) in [5.74, 6) is 1.78. The van der Waals surface area contributed by atoms with Crippen LogP contribution in [0.25, 0.3) is 11.0 Å². The number of rotatable bonds is 5. The van der Waals surface area contributed by atoms with E-state index in [1.807, 2.05) is 18.2 Å². The van der Waals surface area contributed by atoms with Crippen LogP contribution in [0.4, 0.5) is 5.95 Å². The molecule has 1 saturated carbocycles. The lowest BCUT2D eigenvalue weighted by Gasteiger charge is -2.29. The van der Waals surface area contributed by atoms with Crippen molar-refractivity contribution in [1.82, 2.24) is 9.55 Å². The molecule has 0 amide bonds. The molecule has 1 aliphatic carbocycles. The van der Waals surface area contributed by atoms with Crippen LogP contribution in [-0.2, 0) is 6.54 Å². The van der Waals surface area contributed by atoms with Gasteiger partial charge >= 0.3 is 0 Å². The molecule has 0 saturated heterocycles. The molecule has 0 unspecified atom stereocenters. The van der Waals surface area contributed by atoms with Gasteiger partial charge in [0.05, 0.1) is 24.7 Å². The molecule has 3 aromatic rings. The molecule has 1 heterocycles. The maximum Gasteiger partial charge on any atom is 0.204 e. The predicted octanol–water partition coefficient (Wildman–Crippen LogP) is 3.78. The Hall–Kier alpha value is -2.53. The quantitative estimate of drug-likeness (QED) is 0.735. The number of imidazole rings is 1. The number of hydrogen-bond acceptors (Lipinski definition) is 4. The molecule has 0 aliphatic heterocycles. The van der Waals surface area contributed by atoms with Gasteiger partial charge in [-0.2, -0.15) is 0 Å². The van der Waals surface area contributed by atoms with Crippen LogP contribution >= 0.6 is 0 Å². The summed E-state index contributed by atoms with van der Waals surface area (Å²) in [6.07, 6.45) is 4.63. The Morgan fingerprint density at radius 3 is 2.65 bits per heavy atom. The molecule has 3 N–H and O–H groups in total. The minimum absolute atomic E-state index is 0.193. The van der Waals surface area contributed by atoms with Crippen LogP contribution in [0.1, 0.15) is 31.2 Å². The Balaban J connectivity index is 1.66. The molecule has 136 valence electrons. The number of ether oxygens (including phenoxy) is 1. The summed E-state index contributed by atoms with van der Waals surface area (Å²) in [5.41, 5.74) is 9.70. The van der Waals surface area contributed by atoms with Crippen molar-refractivity contribution >= 4 is 17.0 Å². The highest BCUT2D eigenvalue weighted by atomic mass is 16.5. The van der Waals surface area contributed by atoms with Crippen LogP contribution in [0.2, 0.25) is 0 Å². The molecule has 1 aromatic heterocycles.